The minimum atomic E-state index is -0.701. The Morgan fingerprint density at radius 2 is 1.92 bits per heavy atom. The van der Waals surface area contributed by atoms with Gasteiger partial charge in [-0.15, -0.1) is 0 Å². The van der Waals surface area contributed by atoms with Gasteiger partial charge in [0.05, 0.1) is 0 Å². The van der Waals surface area contributed by atoms with Gasteiger partial charge in [-0.05, 0) is 18.4 Å². The second kappa shape index (κ2) is 3.87. The Morgan fingerprint density at radius 1 is 1.33 bits per heavy atom. The molecular formula is C10H16O2. The summed E-state index contributed by atoms with van der Waals surface area (Å²) in [5, 5.41) is 18.8. The molecule has 1 aliphatic rings. The molecule has 1 rings (SSSR count). The highest BCUT2D eigenvalue weighted by atomic mass is 16.3. The van der Waals surface area contributed by atoms with Crippen molar-refractivity contribution in [1.82, 2.24) is 0 Å². The highest BCUT2D eigenvalue weighted by molar-refractivity contribution is 5.36. The molecule has 0 bridgehead atoms. The van der Waals surface area contributed by atoms with Crippen molar-refractivity contribution in [2.75, 3.05) is 0 Å². The van der Waals surface area contributed by atoms with Crippen molar-refractivity contribution >= 4 is 0 Å². The number of allylic oxidation sites excluding steroid dienone is 1. The third kappa shape index (κ3) is 1.59. The predicted molar refractivity (Wildman–Crippen MR) is 48.8 cm³/mol. The third-order valence-electron chi connectivity index (χ3n) is 2.38. The summed E-state index contributed by atoms with van der Waals surface area (Å²) < 4.78 is 0. The monoisotopic (exact) mass is 168 g/mol. The Bertz CT molecular complexity index is 210. The minimum Gasteiger partial charge on any atom is -0.386 e. The molecule has 1 aliphatic carbocycles. The molecule has 0 aromatic rings. The van der Waals surface area contributed by atoms with Crippen LogP contribution in [0.25, 0.3) is 0 Å². The summed E-state index contributed by atoms with van der Waals surface area (Å²) in [6, 6.07) is 0. The molecule has 0 heterocycles. The van der Waals surface area contributed by atoms with Gasteiger partial charge in [0.25, 0.3) is 0 Å². The van der Waals surface area contributed by atoms with Crippen molar-refractivity contribution in [3.05, 3.63) is 23.3 Å². The molecule has 68 valence electrons. The summed E-state index contributed by atoms with van der Waals surface area (Å²) in [4.78, 5) is 0. The number of rotatable bonds is 2. The zero-order valence-corrected chi connectivity index (χ0v) is 7.62. The van der Waals surface area contributed by atoms with E-state index in [2.05, 4.69) is 13.8 Å². The van der Waals surface area contributed by atoms with E-state index < -0.39 is 12.2 Å². The molecule has 0 aromatic heterocycles. The van der Waals surface area contributed by atoms with Crippen LogP contribution in [0.3, 0.4) is 0 Å². The zero-order valence-electron chi connectivity index (χ0n) is 7.62. The maximum atomic E-state index is 9.52. The Labute approximate surface area is 73.2 Å². The summed E-state index contributed by atoms with van der Waals surface area (Å²) in [7, 11) is 0. The third-order valence-corrected chi connectivity index (χ3v) is 2.38. The second-order valence-electron chi connectivity index (χ2n) is 3.06. The van der Waals surface area contributed by atoms with Gasteiger partial charge in [0.15, 0.2) is 0 Å². The van der Waals surface area contributed by atoms with Gasteiger partial charge in [-0.1, -0.05) is 31.6 Å². The molecule has 0 saturated heterocycles. The average Bonchev–Trinajstić information content (AvgIpc) is 2.38. The van der Waals surface area contributed by atoms with Crippen LogP contribution in [0.1, 0.15) is 26.7 Å². The molecule has 0 amide bonds. The molecule has 0 aromatic carbocycles. The van der Waals surface area contributed by atoms with E-state index >= 15 is 0 Å². The van der Waals surface area contributed by atoms with Crippen molar-refractivity contribution in [3.8, 4) is 0 Å². The lowest BCUT2D eigenvalue weighted by Crippen LogP contribution is -2.21. The summed E-state index contributed by atoms with van der Waals surface area (Å²) in [5.74, 6) is 0. The fourth-order valence-electron chi connectivity index (χ4n) is 1.58. The fraction of sp³-hybridized carbons (Fsp3) is 0.600. The molecular weight excluding hydrogens is 152 g/mol. The summed E-state index contributed by atoms with van der Waals surface area (Å²) in [5.41, 5.74) is 2.14. The molecule has 12 heavy (non-hydrogen) atoms. The van der Waals surface area contributed by atoms with Crippen molar-refractivity contribution in [3.63, 3.8) is 0 Å². The lowest BCUT2D eigenvalue weighted by molar-refractivity contribution is 0.0819. The lowest BCUT2D eigenvalue weighted by Gasteiger charge is -2.12. The van der Waals surface area contributed by atoms with E-state index in [9.17, 15) is 10.2 Å². The molecule has 0 aliphatic heterocycles. The molecule has 2 atom stereocenters. The predicted octanol–water partition coefficient (Wildman–Crippen LogP) is 1.39. The molecule has 0 fully saturated rings. The van der Waals surface area contributed by atoms with Crippen LogP contribution in [0.15, 0.2) is 23.3 Å². The second-order valence-corrected chi connectivity index (χ2v) is 3.06. The van der Waals surface area contributed by atoms with Crippen molar-refractivity contribution in [2.24, 2.45) is 0 Å². The molecule has 2 heteroatoms. The highest BCUT2D eigenvalue weighted by Gasteiger charge is 2.23. The lowest BCUT2D eigenvalue weighted by atomic mass is 10.0. The van der Waals surface area contributed by atoms with Gasteiger partial charge in [0.2, 0.25) is 0 Å². The van der Waals surface area contributed by atoms with Crippen LogP contribution in [-0.4, -0.2) is 22.4 Å². The molecule has 2 N–H and O–H groups in total. The molecule has 2 nitrogen and oxygen atoms in total. The van der Waals surface area contributed by atoms with Crippen LogP contribution in [0.2, 0.25) is 0 Å². The van der Waals surface area contributed by atoms with Gasteiger partial charge < -0.3 is 10.2 Å². The summed E-state index contributed by atoms with van der Waals surface area (Å²) in [6.07, 6.45) is 3.97. The first-order chi connectivity index (χ1) is 5.70. The van der Waals surface area contributed by atoms with Gasteiger partial charge in [0, 0.05) is 0 Å². The normalized spacial score (nSPS) is 28.2. The first-order valence-corrected chi connectivity index (χ1v) is 4.47. The van der Waals surface area contributed by atoms with Crippen molar-refractivity contribution in [1.29, 1.82) is 0 Å². The largest absolute Gasteiger partial charge is 0.386 e. The summed E-state index contributed by atoms with van der Waals surface area (Å²) >= 11 is 0. The summed E-state index contributed by atoms with van der Waals surface area (Å²) in [6.45, 7) is 4.13. The van der Waals surface area contributed by atoms with E-state index in [1.165, 1.54) is 5.57 Å². The maximum absolute atomic E-state index is 9.52. The van der Waals surface area contributed by atoms with Crippen LogP contribution in [0, 0.1) is 0 Å². The molecule has 0 saturated carbocycles. The van der Waals surface area contributed by atoms with E-state index in [1.54, 1.807) is 6.08 Å². The number of aliphatic hydroxyl groups is 2. The first-order valence-electron chi connectivity index (χ1n) is 4.47. The average molecular weight is 168 g/mol. The smallest absolute Gasteiger partial charge is 0.108 e. The van der Waals surface area contributed by atoms with Gasteiger partial charge in [-0.2, -0.15) is 0 Å². The molecule has 2 unspecified atom stereocenters. The van der Waals surface area contributed by atoms with Gasteiger partial charge in [-0.25, -0.2) is 0 Å². The number of hydrogen-bond acceptors (Lipinski definition) is 2. The quantitative estimate of drug-likeness (QED) is 0.654. The Balaban J connectivity index is 2.88. The molecule has 0 spiro atoms. The number of hydrogen-bond donors (Lipinski definition) is 2. The van der Waals surface area contributed by atoms with E-state index in [0.29, 0.717) is 0 Å². The van der Waals surface area contributed by atoms with E-state index in [-0.39, 0.29) is 0 Å². The Hall–Kier alpha value is -0.600. The Morgan fingerprint density at radius 3 is 2.25 bits per heavy atom. The van der Waals surface area contributed by atoms with Gasteiger partial charge >= 0.3 is 0 Å². The standard InChI is InChI=1S/C10H16O2/c1-3-7(4-2)8-5-6-9(11)10(8)12/h5-6,9-12H,3-4H2,1-2H3. The van der Waals surface area contributed by atoms with Gasteiger partial charge in [-0.3, -0.25) is 0 Å². The SMILES string of the molecule is CCC(CC)=C1C=CC(O)C1O. The topological polar surface area (TPSA) is 40.5 Å². The molecule has 0 radical (unpaired) electrons. The van der Waals surface area contributed by atoms with Crippen molar-refractivity contribution < 1.29 is 10.2 Å². The Kier molecular flexibility index (Phi) is 3.06. The van der Waals surface area contributed by atoms with Crippen LogP contribution < -0.4 is 0 Å². The van der Waals surface area contributed by atoms with E-state index in [0.717, 1.165) is 18.4 Å². The van der Waals surface area contributed by atoms with Crippen LogP contribution in [0.4, 0.5) is 0 Å². The van der Waals surface area contributed by atoms with Crippen molar-refractivity contribution in [2.45, 2.75) is 38.9 Å². The maximum Gasteiger partial charge on any atom is 0.108 e. The van der Waals surface area contributed by atoms with E-state index in [1.807, 2.05) is 6.08 Å². The van der Waals surface area contributed by atoms with E-state index in [4.69, 9.17) is 0 Å². The van der Waals surface area contributed by atoms with Gasteiger partial charge in [0.1, 0.15) is 12.2 Å². The fourth-order valence-corrected chi connectivity index (χ4v) is 1.58. The van der Waals surface area contributed by atoms with Crippen LogP contribution in [0.5, 0.6) is 0 Å². The zero-order chi connectivity index (χ0) is 9.14. The number of aliphatic hydroxyl groups excluding tert-OH is 2. The van der Waals surface area contributed by atoms with Crippen LogP contribution in [-0.2, 0) is 0 Å². The highest BCUT2D eigenvalue weighted by Crippen LogP contribution is 2.24. The first kappa shape index (κ1) is 9.49. The van der Waals surface area contributed by atoms with Crippen LogP contribution >= 0.6 is 0 Å². The minimum absolute atomic E-state index is 0.695.